The van der Waals surface area contributed by atoms with Crippen molar-refractivity contribution in [3.63, 3.8) is 0 Å². The maximum absolute atomic E-state index is 13.3. The Hall–Kier alpha value is -1.33. The summed E-state index contributed by atoms with van der Waals surface area (Å²) in [6, 6.07) is 1.02. The maximum Gasteiger partial charge on any atom is 0.326 e. The second kappa shape index (κ2) is 6.21. The van der Waals surface area contributed by atoms with Crippen molar-refractivity contribution < 1.29 is 19.1 Å². The lowest BCUT2D eigenvalue weighted by molar-refractivity contribution is -0.142. The summed E-state index contributed by atoms with van der Waals surface area (Å²) in [6.07, 6.45) is 0.227. The zero-order valence-electron chi connectivity index (χ0n) is 10.3. The molecule has 1 rings (SSSR count). The topological polar surface area (TPSA) is 57.6 Å². The van der Waals surface area contributed by atoms with Crippen molar-refractivity contribution in [1.29, 1.82) is 0 Å². The predicted octanol–water partition coefficient (Wildman–Crippen LogP) is 3.07. The van der Waals surface area contributed by atoms with Gasteiger partial charge in [-0.1, -0.05) is 30.1 Å². The normalized spacial score (nSPS) is 12.1. The van der Waals surface area contributed by atoms with Crippen molar-refractivity contribution in [2.45, 2.75) is 19.4 Å². The molecule has 0 bridgehead atoms. The zero-order valence-corrected chi connectivity index (χ0v) is 11.8. The van der Waals surface area contributed by atoms with E-state index in [9.17, 15) is 14.0 Å². The first-order valence-electron chi connectivity index (χ1n) is 5.44. The van der Waals surface area contributed by atoms with Gasteiger partial charge in [-0.15, -0.1) is 0 Å². The molecule has 0 heterocycles. The number of carbonyl (C=O) groups excluding carboxylic acids is 1. The molecule has 0 saturated carbocycles. The quantitative estimate of drug-likeness (QED) is 0.870. The van der Waals surface area contributed by atoms with Crippen LogP contribution >= 0.6 is 23.2 Å². The van der Waals surface area contributed by atoms with Gasteiger partial charge in [0.2, 0.25) is 0 Å². The van der Waals surface area contributed by atoms with Crippen LogP contribution in [0.15, 0.2) is 12.1 Å². The number of carboxylic acids is 1. The van der Waals surface area contributed by atoms with Crippen molar-refractivity contribution in [2.24, 2.45) is 0 Å². The Morgan fingerprint density at radius 2 is 1.95 bits per heavy atom. The molecule has 0 radical (unpaired) electrons. The van der Waals surface area contributed by atoms with Gasteiger partial charge < -0.3 is 10.0 Å². The first-order chi connectivity index (χ1) is 8.79. The SMILES string of the molecule is CCC(C(=O)O)N(C)C(=O)c1cc(F)c(Cl)cc1Cl. The summed E-state index contributed by atoms with van der Waals surface area (Å²) >= 11 is 11.4. The third kappa shape index (κ3) is 3.36. The monoisotopic (exact) mass is 307 g/mol. The summed E-state index contributed by atoms with van der Waals surface area (Å²) in [5, 5.41) is 8.76. The zero-order chi connectivity index (χ0) is 14.7. The maximum atomic E-state index is 13.3. The van der Waals surface area contributed by atoms with Gasteiger partial charge in [-0.2, -0.15) is 0 Å². The third-order valence-electron chi connectivity index (χ3n) is 2.70. The largest absolute Gasteiger partial charge is 0.480 e. The van der Waals surface area contributed by atoms with E-state index in [-0.39, 0.29) is 22.0 Å². The van der Waals surface area contributed by atoms with Gasteiger partial charge in [0.25, 0.3) is 5.91 Å². The fourth-order valence-corrected chi connectivity index (χ4v) is 2.10. The predicted molar refractivity (Wildman–Crippen MR) is 70.2 cm³/mol. The number of aliphatic carboxylic acids is 1. The molecule has 0 saturated heterocycles. The molecule has 1 atom stereocenters. The number of hydrogen-bond donors (Lipinski definition) is 1. The molecule has 0 aliphatic rings. The molecule has 1 N–H and O–H groups in total. The summed E-state index contributed by atoms with van der Waals surface area (Å²) in [4.78, 5) is 24.1. The van der Waals surface area contributed by atoms with Crippen molar-refractivity contribution >= 4 is 35.1 Å². The Labute approximate surface area is 119 Å². The first-order valence-corrected chi connectivity index (χ1v) is 6.19. The van der Waals surface area contributed by atoms with Crippen LogP contribution in [0.2, 0.25) is 10.0 Å². The van der Waals surface area contributed by atoms with E-state index in [0.717, 1.165) is 17.0 Å². The van der Waals surface area contributed by atoms with Crippen LogP contribution in [-0.2, 0) is 4.79 Å². The van der Waals surface area contributed by atoms with Gasteiger partial charge in [-0.25, -0.2) is 9.18 Å². The Balaban J connectivity index is 3.13. The average molecular weight is 308 g/mol. The third-order valence-corrected chi connectivity index (χ3v) is 3.30. The van der Waals surface area contributed by atoms with E-state index in [0.29, 0.717) is 0 Å². The van der Waals surface area contributed by atoms with Crippen LogP contribution in [0.5, 0.6) is 0 Å². The Morgan fingerprint density at radius 1 is 1.37 bits per heavy atom. The number of carboxylic acid groups (broad SMARTS) is 1. The minimum Gasteiger partial charge on any atom is -0.480 e. The number of likely N-dealkylation sites (N-methyl/N-ethyl adjacent to an activating group) is 1. The van der Waals surface area contributed by atoms with Crippen LogP contribution in [0.4, 0.5) is 4.39 Å². The van der Waals surface area contributed by atoms with Crippen LogP contribution < -0.4 is 0 Å². The van der Waals surface area contributed by atoms with Crippen LogP contribution in [0, 0.1) is 5.82 Å². The Kier molecular flexibility index (Phi) is 5.14. The van der Waals surface area contributed by atoms with Crippen LogP contribution in [0.3, 0.4) is 0 Å². The van der Waals surface area contributed by atoms with Gasteiger partial charge in [-0.05, 0) is 18.6 Å². The molecule has 0 fully saturated rings. The number of hydrogen-bond acceptors (Lipinski definition) is 2. The molecule has 0 spiro atoms. The number of halogens is 3. The molecule has 0 aliphatic heterocycles. The van der Waals surface area contributed by atoms with E-state index in [1.54, 1.807) is 6.92 Å². The summed E-state index contributed by atoms with van der Waals surface area (Å²) in [5.74, 6) is -2.59. The minimum atomic E-state index is -1.14. The molecule has 0 aliphatic carbocycles. The highest BCUT2D eigenvalue weighted by molar-refractivity contribution is 6.36. The molecule has 1 aromatic rings. The molecule has 1 unspecified atom stereocenters. The lowest BCUT2D eigenvalue weighted by atomic mass is 10.1. The van der Waals surface area contributed by atoms with Gasteiger partial charge in [0.1, 0.15) is 11.9 Å². The van der Waals surface area contributed by atoms with E-state index >= 15 is 0 Å². The summed E-state index contributed by atoms with van der Waals surface area (Å²) < 4.78 is 13.3. The molecule has 4 nitrogen and oxygen atoms in total. The molecular formula is C12H12Cl2FNO3. The fraction of sp³-hybridized carbons (Fsp3) is 0.333. The van der Waals surface area contributed by atoms with Crippen LogP contribution in [0.25, 0.3) is 0 Å². The molecule has 0 aromatic heterocycles. The Bertz CT molecular complexity index is 522. The van der Waals surface area contributed by atoms with Crippen LogP contribution in [-0.4, -0.2) is 35.0 Å². The van der Waals surface area contributed by atoms with E-state index < -0.39 is 23.7 Å². The smallest absolute Gasteiger partial charge is 0.326 e. The number of rotatable bonds is 4. The van der Waals surface area contributed by atoms with Gasteiger partial charge >= 0.3 is 5.97 Å². The number of benzene rings is 1. The number of nitrogens with zero attached hydrogens (tertiary/aromatic N) is 1. The highest BCUT2D eigenvalue weighted by Crippen LogP contribution is 2.25. The molecule has 1 amide bonds. The molecular weight excluding hydrogens is 296 g/mol. The minimum absolute atomic E-state index is 0.0245. The van der Waals surface area contributed by atoms with Crippen molar-refractivity contribution in [1.82, 2.24) is 4.90 Å². The summed E-state index contributed by atoms with van der Waals surface area (Å²) in [5.41, 5.74) is -0.120. The molecule has 104 valence electrons. The average Bonchev–Trinajstić information content (AvgIpc) is 2.33. The highest BCUT2D eigenvalue weighted by Gasteiger charge is 2.27. The second-order valence-electron chi connectivity index (χ2n) is 3.92. The standard InChI is InChI=1S/C12H12Cl2FNO3/c1-3-10(12(18)19)16(2)11(17)6-4-9(15)8(14)5-7(6)13/h4-5,10H,3H2,1-2H3,(H,18,19). The van der Waals surface area contributed by atoms with Gasteiger partial charge in [0.05, 0.1) is 15.6 Å². The second-order valence-corrected chi connectivity index (χ2v) is 4.74. The highest BCUT2D eigenvalue weighted by atomic mass is 35.5. The van der Waals surface area contributed by atoms with E-state index in [1.807, 2.05) is 0 Å². The van der Waals surface area contributed by atoms with Crippen LogP contribution in [0.1, 0.15) is 23.7 Å². The van der Waals surface area contributed by atoms with E-state index in [1.165, 1.54) is 7.05 Å². The molecule has 19 heavy (non-hydrogen) atoms. The number of carbonyl (C=O) groups is 2. The lowest BCUT2D eigenvalue weighted by Crippen LogP contribution is -2.42. The van der Waals surface area contributed by atoms with Gasteiger partial charge in [0.15, 0.2) is 0 Å². The summed E-state index contributed by atoms with van der Waals surface area (Å²) in [6.45, 7) is 1.63. The van der Waals surface area contributed by atoms with Gasteiger partial charge in [0, 0.05) is 7.05 Å². The lowest BCUT2D eigenvalue weighted by Gasteiger charge is -2.24. The number of amides is 1. The molecule has 1 aromatic carbocycles. The summed E-state index contributed by atoms with van der Waals surface area (Å²) in [7, 11) is 1.33. The Morgan fingerprint density at radius 3 is 2.42 bits per heavy atom. The van der Waals surface area contributed by atoms with Gasteiger partial charge in [-0.3, -0.25) is 4.79 Å². The fourth-order valence-electron chi connectivity index (χ4n) is 1.63. The van der Waals surface area contributed by atoms with Crippen molar-refractivity contribution in [2.75, 3.05) is 7.05 Å². The van der Waals surface area contributed by atoms with E-state index in [4.69, 9.17) is 28.3 Å². The first kappa shape index (κ1) is 15.7. The van der Waals surface area contributed by atoms with Crippen molar-refractivity contribution in [3.05, 3.63) is 33.6 Å². The van der Waals surface area contributed by atoms with E-state index in [2.05, 4.69) is 0 Å². The van der Waals surface area contributed by atoms with Crippen molar-refractivity contribution in [3.8, 4) is 0 Å². The molecule has 7 heteroatoms.